The van der Waals surface area contributed by atoms with Crippen LogP contribution < -0.4 is 32.3 Å². The molecule has 27 heavy (non-hydrogen) atoms. The zero-order valence-corrected chi connectivity index (χ0v) is 18.4. The summed E-state index contributed by atoms with van der Waals surface area (Å²) in [5, 5.41) is 2.90. The summed E-state index contributed by atoms with van der Waals surface area (Å²) >= 11 is 0. The zero-order valence-electron chi connectivity index (χ0n) is 15.9. The van der Waals surface area contributed by atoms with Crippen LogP contribution in [-0.2, 0) is 6.16 Å². The predicted molar refractivity (Wildman–Crippen MR) is 115 cm³/mol. The van der Waals surface area contributed by atoms with Gasteiger partial charge in [-0.25, -0.2) is 0 Å². The zero-order chi connectivity index (χ0) is 18.2. The topological polar surface area (TPSA) is 9.23 Å². The highest BCUT2D eigenvalue weighted by atomic mass is 79.9. The van der Waals surface area contributed by atoms with Crippen molar-refractivity contribution in [3.05, 3.63) is 103 Å². The molecule has 0 bridgehead atoms. The minimum atomic E-state index is -1.61. The van der Waals surface area contributed by atoms with Crippen molar-refractivity contribution in [2.24, 2.45) is 0 Å². The third kappa shape index (κ3) is 5.09. The van der Waals surface area contributed by atoms with E-state index in [4.69, 9.17) is 4.74 Å². The van der Waals surface area contributed by atoms with Crippen molar-refractivity contribution >= 4 is 17.9 Å². The maximum atomic E-state index is 5.46. The van der Waals surface area contributed by atoms with E-state index in [9.17, 15) is 0 Å². The van der Waals surface area contributed by atoms with Crippen molar-refractivity contribution in [3.8, 4) is 5.75 Å². The quantitative estimate of drug-likeness (QED) is 0.405. The highest BCUT2D eigenvalue weighted by molar-refractivity contribution is 7.89. The third-order valence-corrected chi connectivity index (χ3v) is 9.05. The van der Waals surface area contributed by atoms with Gasteiger partial charge in [0.05, 0.1) is 37.3 Å². The van der Waals surface area contributed by atoms with Crippen LogP contribution in [0.3, 0.4) is 0 Å². The first kappa shape index (κ1) is 21.4. The maximum Gasteiger partial charge on any atom is 0.119 e. The molecular weight excluding hydrogens is 415 g/mol. The van der Waals surface area contributed by atoms with Gasteiger partial charge in [0.15, 0.2) is 0 Å². The largest absolute Gasteiger partial charge is 1.00 e. The molecular formula is C24H26BrOP. The highest BCUT2D eigenvalue weighted by Gasteiger charge is 2.41. The molecule has 0 saturated carbocycles. The van der Waals surface area contributed by atoms with E-state index in [1.165, 1.54) is 16.2 Å². The number of ether oxygens (including phenoxy) is 1. The molecule has 0 aliphatic heterocycles. The Labute approximate surface area is 174 Å². The molecule has 0 aliphatic carbocycles. The molecule has 0 amide bonds. The first-order chi connectivity index (χ1) is 12.8. The van der Waals surface area contributed by atoms with Crippen LogP contribution in [0.4, 0.5) is 0 Å². The van der Waals surface area contributed by atoms with Crippen molar-refractivity contribution in [2.75, 3.05) is 13.3 Å². The molecule has 1 nitrogen and oxygen atoms in total. The fraction of sp³-hybridized carbons (Fsp3) is 0.167. The van der Waals surface area contributed by atoms with Crippen molar-refractivity contribution < 1.29 is 21.7 Å². The van der Waals surface area contributed by atoms with Crippen LogP contribution in [-0.4, -0.2) is 13.3 Å². The van der Waals surface area contributed by atoms with Gasteiger partial charge < -0.3 is 21.7 Å². The molecule has 0 N–H and O–H groups in total. The normalized spacial score (nSPS) is 11.2. The average molecular weight is 441 g/mol. The lowest BCUT2D eigenvalue weighted by atomic mass is 10.2. The lowest BCUT2D eigenvalue weighted by Gasteiger charge is -2.27. The Hall–Kier alpha value is -1.89. The number of rotatable bonds is 7. The molecule has 3 aromatic carbocycles. The van der Waals surface area contributed by atoms with Crippen molar-refractivity contribution in [1.82, 2.24) is 0 Å². The van der Waals surface area contributed by atoms with Gasteiger partial charge in [-0.15, -0.1) is 0 Å². The van der Waals surface area contributed by atoms with E-state index >= 15 is 0 Å². The van der Waals surface area contributed by atoms with E-state index < -0.39 is 7.26 Å². The smallest absolute Gasteiger partial charge is 0.119 e. The third-order valence-electron chi connectivity index (χ3n) is 4.74. The van der Waals surface area contributed by atoms with E-state index in [-0.39, 0.29) is 17.0 Å². The van der Waals surface area contributed by atoms with Crippen LogP contribution in [0.15, 0.2) is 97.1 Å². The molecule has 0 aromatic heterocycles. The number of allylic oxidation sites excluding steroid dienone is 2. The van der Waals surface area contributed by atoms with Gasteiger partial charge in [-0.2, -0.15) is 0 Å². The second-order valence-electron chi connectivity index (χ2n) is 6.40. The van der Waals surface area contributed by atoms with Gasteiger partial charge in [-0.1, -0.05) is 60.7 Å². The Morgan fingerprint density at radius 2 is 1.41 bits per heavy atom. The molecule has 0 fully saturated rings. The molecule has 3 aromatic rings. The minimum absolute atomic E-state index is 0. The average Bonchev–Trinajstić information content (AvgIpc) is 2.72. The summed E-state index contributed by atoms with van der Waals surface area (Å²) in [4.78, 5) is 0. The van der Waals surface area contributed by atoms with E-state index in [1.54, 1.807) is 7.11 Å². The number of halogens is 1. The predicted octanol–water partition coefficient (Wildman–Crippen LogP) is 2.44. The number of benzene rings is 3. The van der Waals surface area contributed by atoms with Crippen LogP contribution in [0.5, 0.6) is 5.75 Å². The molecule has 3 heteroatoms. The molecule has 0 unspecified atom stereocenters. The number of hydrogen-bond donors (Lipinski definition) is 0. The standard InChI is InChI=1S/C24H26OP.BrH/c1-3-4-18-26(23-14-7-5-8-15-23,24-16-9-6-10-17-24)20-21-12-11-13-22(19-21)25-2;/h3-17,19H,18,20H2,1-2H3;1H/q+1;/p-1/b4-3+;. The number of hydrogen-bond acceptors (Lipinski definition) is 1. The van der Waals surface area contributed by atoms with E-state index in [0.29, 0.717) is 0 Å². The SMILES string of the molecule is C/C=C/C[P+](Cc1cccc(OC)c1)(c1ccccc1)c1ccccc1.[Br-]. The second-order valence-corrected chi connectivity index (χ2v) is 10.1. The molecule has 140 valence electrons. The van der Waals surface area contributed by atoms with Crippen molar-refractivity contribution in [3.63, 3.8) is 0 Å². The molecule has 0 saturated heterocycles. The summed E-state index contributed by atoms with van der Waals surface area (Å²) in [7, 11) is 0.120. The summed E-state index contributed by atoms with van der Waals surface area (Å²) in [6, 6.07) is 30.5. The Kier molecular flexibility index (Phi) is 8.28. The summed E-state index contributed by atoms with van der Waals surface area (Å²) in [6.45, 7) is 2.11. The van der Waals surface area contributed by atoms with Crippen LogP contribution in [0.1, 0.15) is 12.5 Å². The summed E-state index contributed by atoms with van der Waals surface area (Å²) in [5.74, 6) is 0.924. The lowest BCUT2D eigenvalue weighted by molar-refractivity contribution is -0.00000557. The van der Waals surface area contributed by atoms with E-state index in [2.05, 4.69) is 97.9 Å². The number of methoxy groups -OCH3 is 1. The molecule has 0 atom stereocenters. The monoisotopic (exact) mass is 440 g/mol. The second kappa shape index (κ2) is 10.4. The van der Waals surface area contributed by atoms with Crippen LogP contribution in [0.2, 0.25) is 0 Å². The Bertz CT molecular complexity index is 807. The molecule has 0 spiro atoms. The highest BCUT2D eigenvalue weighted by Crippen LogP contribution is 2.59. The minimum Gasteiger partial charge on any atom is -1.00 e. The summed E-state index contributed by atoms with van der Waals surface area (Å²) in [5.41, 5.74) is 1.33. The Balaban J connectivity index is 0.00000261. The lowest BCUT2D eigenvalue weighted by Crippen LogP contribution is -3.00. The summed E-state index contributed by atoms with van der Waals surface area (Å²) in [6.07, 6.45) is 6.59. The van der Waals surface area contributed by atoms with Gasteiger partial charge in [-0.05, 0) is 48.9 Å². The van der Waals surface area contributed by atoms with Crippen LogP contribution in [0, 0.1) is 0 Å². The fourth-order valence-electron chi connectivity index (χ4n) is 3.40. The van der Waals surface area contributed by atoms with Crippen LogP contribution >= 0.6 is 7.26 Å². The first-order valence-electron chi connectivity index (χ1n) is 9.01. The van der Waals surface area contributed by atoms with E-state index in [0.717, 1.165) is 18.1 Å². The molecule has 3 rings (SSSR count). The van der Waals surface area contributed by atoms with E-state index in [1.807, 2.05) is 6.07 Å². The Morgan fingerprint density at radius 3 is 1.93 bits per heavy atom. The van der Waals surface area contributed by atoms with Crippen molar-refractivity contribution in [1.29, 1.82) is 0 Å². The summed E-state index contributed by atoms with van der Waals surface area (Å²) < 4.78 is 5.46. The van der Waals surface area contributed by atoms with Gasteiger partial charge in [0.25, 0.3) is 0 Å². The van der Waals surface area contributed by atoms with Gasteiger partial charge >= 0.3 is 0 Å². The van der Waals surface area contributed by atoms with Crippen LogP contribution in [0.25, 0.3) is 0 Å². The van der Waals surface area contributed by atoms with Gasteiger partial charge in [0.1, 0.15) is 5.75 Å². The maximum absolute atomic E-state index is 5.46. The fourth-order valence-corrected chi connectivity index (χ4v) is 7.49. The van der Waals surface area contributed by atoms with Gasteiger partial charge in [0, 0.05) is 0 Å². The molecule has 0 aliphatic rings. The molecule has 0 heterocycles. The van der Waals surface area contributed by atoms with Gasteiger partial charge in [0.2, 0.25) is 0 Å². The van der Waals surface area contributed by atoms with Crippen molar-refractivity contribution in [2.45, 2.75) is 13.1 Å². The van der Waals surface area contributed by atoms with Gasteiger partial charge in [-0.3, -0.25) is 0 Å². The molecule has 0 radical (unpaired) electrons. The Morgan fingerprint density at radius 1 is 0.815 bits per heavy atom. The first-order valence-corrected chi connectivity index (χ1v) is 11.2.